The average molecular weight is 477 g/mol. The van der Waals surface area contributed by atoms with Crippen LogP contribution in [0.2, 0.25) is 0 Å². The predicted octanol–water partition coefficient (Wildman–Crippen LogP) is 6.33. The van der Waals surface area contributed by atoms with Crippen molar-refractivity contribution in [2.24, 2.45) is 5.41 Å². The Morgan fingerprint density at radius 1 is 1.31 bits per heavy atom. The molecule has 4 aromatic rings. The summed E-state index contributed by atoms with van der Waals surface area (Å²) in [6, 6.07) is 10.0. The molecular weight excluding hydrogens is 450 g/mol. The summed E-state index contributed by atoms with van der Waals surface area (Å²) < 4.78 is 30.2. The van der Waals surface area contributed by atoms with Gasteiger partial charge in [-0.1, -0.05) is 13.8 Å². The zero-order valence-electron chi connectivity index (χ0n) is 19.8. The second kappa shape index (κ2) is 7.91. The largest absolute Gasteiger partial charge is 0.481 e. The molecule has 1 aliphatic carbocycles. The van der Waals surface area contributed by atoms with E-state index in [1.165, 1.54) is 12.1 Å². The highest BCUT2D eigenvalue weighted by Crippen LogP contribution is 2.52. The number of carboxylic acids is 1. The third-order valence-corrected chi connectivity index (χ3v) is 7.56. The van der Waals surface area contributed by atoms with E-state index in [9.17, 15) is 23.9 Å². The first-order valence-corrected chi connectivity index (χ1v) is 11.6. The minimum absolute atomic E-state index is 0.0708. The number of nitrogens with zero attached hydrogens (tertiary/aromatic N) is 3. The number of carboxylic acid groups (broad SMARTS) is 1. The third-order valence-electron chi connectivity index (χ3n) is 7.56. The zero-order chi connectivity index (χ0) is 25.1. The minimum atomic E-state index is -0.960. The van der Waals surface area contributed by atoms with E-state index in [1.807, 2.05) is 30.5 Å². The molecule has 1 saturated carbocycles. The summed E-state index contributed by atoms with van der Waals surface area (Å²) >= 11 is 0. The van der Waals surface area contributed by atoms with Crippen molar-refractivity contribution in [1.29, 1.82) is 5.26 Å². The van der Waals surface area contributed by atoms with Crippen molar-refractivity contribution in [2.75, 3.05) is 0 Å². The number of nitriles is 1. The summed E-state index contributed by atoms with van der Waals surface area (Å²) in [5.74, 6) is -2.79. The van der Waals surface area contributed by atoms with E-state index in [4.69, 9.17) is 0 Å². The number of aromatic amines is 1. The smallest absolute Gasteiger partial charge is 0.309 e. The number of halogens is 2. The van der Waals surface area contributed by atoms with Crippen molar-refractivity contribution in [1.82, 2.24) is 14.8 Å². The summed E-state index contributed by atoms with van der Waals surface area (Å²) in [5, 5.41) is 28.4. The van der Waals surface area contributed by atoms with Gasteiger partial charge >= 0.3 is 5.97 Å². The van der Waals surface area contributed by atoms with E-state index in [0.717, 1.165) is 39.1 Å². The van der Waals surface area contributed by atoms with E-state index in [-0.39, 0.29) is 12.3 Å². The van der Waals surface area contributed by atoms with Gasteiger partial charge in [0.1, 0.15) is 0 Å². The molecule has 2 heterocycles. The van der Waals surface area contributed by atoms with Gasteiger partial charge in [-0.05, 0) is 61.9 Å². The Morgan fingerprint density at radius 2 is 2.09 bits per heavy atom. The maximum absolute atomic E-state index is 14.4. The molecule has 5 rings (SSSR count). The molecule has 1 aliphatic rings. The topological polar surface area (TPSA) is 94.7 Å². The molecule has 180 valence electrons. The molecule has 0 unspecified atom stereocenters. The molecule has 6 nitrogen and oxygen atoms in total. The van der Waals surface area contributed by atoms with Crippen molar-refractivity contribution in [3.63, 3.8) is 0 Å². The van der Waals surface area contributed by atoms with Crippen LogP contribution in [0.5, 0.6) is 0 Å². The van der Waals surface area contributed by atoms with Crippen LogP contribution in [0.1, 0.15) is 63.6 Å². The summed E-state index contributed by atoms with van der Waals surface area (Å²) in [6.45, 7) is 5.70. The summed E-state index contributed by atoms with van der Waals surface area (Å²) in [5.41, 5.74) is 2.34. The van der Waals surface area contributed by atoms with Gasteiger partial charge in [-0.15, -0.1) is 0 Å². The predicted molar refractivity (Wildman–Crippen MR) is 128 cm³/mol. The first-order valence-electron chi connectivity index (χ1n) is 11.6. The number of nitrogens with one attached hydrogen (secondary N) is 1. The Bertz CT molecular complexity index is 1530. The number of rotatable bonds is 5. The lowest BCUT2D eigenvalue weighted by atomic mass is 9.78. The lowest BCUT2D eigenvalue weighted by molar-refractivity contribution is -0.147. The van der Waals surface area contributed by atoms with Crippen LogP contribution in [0, 0.1) is 28.4 Å². The number of benzene rings is 2. The van der Waals surface area contributed by atoms with Gasteiger partial charge in [0.2, 0.25) is 0 Å². The summed E-state index contributed by atoms with van der Waals surface area (Å²) in [4.78, 5) is 12.0. The van der Waals surface area contributed by atoms with Gasteiger partial charge < -0.3 is 9.67 Å². The molecule has 2 aromatic heterocycles. The van der Waals surface area contributed by atoms with Gasteiger partial charge in [-0.25, -0.2) is 8.78 Å². The molecule has 1 fully saturated rings. The number of hydrogen-bond acceptors (Lipinski definition) is 3. The molecule has 2 atom stereocenters. The summed E-state index contributed by atoms with van der Waals surface area (Å²) in [6.07, 6.45) is 3.57. The van der Waals surface area contributed by atoms with Crippen LogP contribution in [0.15, 0.2) is 36.5 Å². The second-order valence-electron chi connectivity index (χ2n) is 10.5. The van der Waals surface area contributed by atoms with Gasteiger partial charge in [-0.3, -0.25) is 9.89 Å². The number of fused-ring (bicyclic) bond motifs is 2. The first-order chi connectivity index (χ1) is 16.6. The molecule has 0 radical (unpaired) electrons. The molecule has 8 heteroatoms. The molecule has 35 heavy (non-hydrogen) atoms. The fourth-order valence-corrected chi connectivity index (χ4v) is 5.68. The molecule has 0 amide bonds. The Kier molecular flexibility index (Phi) is 5.20. The van der Waals surface area contributed by atoms with Crippen LogP contribution in [0.3, 0.4) is 0 Å². The normalized spacial score (nSPS) is 20.5. The van der Waals surface area contributed by atoms with Gasteiger partial charge in [0.25, 0.3) is 0 Å². The van der Waals surface area contributed by atoms with E-state index >= 15 is 0 Å². The monoisotopic (exact) mass is 476 g/mol. The summed E-state index contributed by atoms with van der Waals surface area (Å²) in [7, 11) is 0. The molecule has 0 bridgehead atoms. The third kappa shape index (κ3) is 3.57. The molecular formula is C27H26F2N4O2. The van der Waals surface area contributed by atoms with Gasteiger partial charge in [0.15, 0.2) is 11.6 Å². The van der Waals surface area contributed by atoms with Gasteiger partial charge in [0, 0.05) is 40.1 Å². The molecule has 2 aromatic carbocycles. The highest BCUT2D eigenvalue weighted by Gasteiger charge is 2.45. The van der Waals surface area contributed by atoms with Gasteiger partial charge in [0.05, 0.1) is 28.7 Å². The fraction of sp³-hybridized carbons (Fsp3) is 0.370. The maximum Gasteiger partial charge on any atom is 0.309 e. The number of aliphatic carboxylic acids is 1. The van der Waals surface area contributed by atoms with E-state index in [0.29, 0.717) is 24.9 Å². The highest BCUT2D eigenvalue weighted by molar-refractivity contribution is 5.99. The van der Waals surface area contributed by atoms with E-state index in [2.05, 4.69) is 16.3 Å². The van der Waals surface area contributed by atoms with Crippen LogP contribution < -0.4 is 0 Å². The Balaban J connectivity index is 1.89. The number of aromatic nitrogens is 3. The second-order valence-corrected chi connectivity index (χ2v) is 10.5. The first kappa shape index (κ1) is 23.0. The van der Waals surface area contributed by atoms with Crippen molar-refractivity contribution in [3.05, 3.63) is 59.4 Å². The lowest BCUT2D eigenvalue weighted by Gasteiger charge is -2.28. The average Bonchev–Trinajstić information content (AvgIpc) is 3.50. The highest BCUT2D eigenvalue weighted by atomic mass is 19.2. The van der Waals surface area contributed by atoms with Crippen LogP contribution in [0.4, 0.5) is 8.78 Å². The maximum atomic E-state index is 14.4. The van der Waals surface area contributed by atoms with Crippen molar-refractivity contribution < 1.29 is 18.7 Å². The van der Waals surface area contributed by atoms with Crippen LogP contribution in [-0.4, -0.2) is 25.8 Å². The Labute approximate surface area is 201 Å². The van der Waals surface area contributed by atoms with Crippen LogP contribution >= 0.6 is 0 Å². The Morgan fingerprint density at radius 3 is 2.74 bits per heavy atom. The fourth-order valence-electron chi connectivity index (χ4n) is 5.68. The Hall–Kier alpha value is -3.73. The van der Waals surface area contributed by atoms with Crippen molar-refractivity contribution in [2.45, 2.75) is 57.8 Å². The number of carbonyl (C=O) groups is 1. The van der Waals surface area contributed by atoms with E-state index < -0.39 is 28.4 Å². The molecule has 0 saturated heterocycles. The van der Waals surface area contributed by atoms with E-state index in [1.54, 1.807) is 13.1 Å². The lowest BCUT2D eigenvalue weighted by Crippen LogP contribution is -2.25. The quantitative estimate of drug-likeness (QED) is 0.352. The van der Waals surface area contributed by atoms with Crippen molar-refractivity contribution in [3.8, 4) is 11.8 Å². The minimum Gasteiger partial charge on any atom is -0.481 e. The molecule has 0 spiro atoms. The number of hydrogen-bond donors (Lipinski definition) is 2. The van der Waals surface area contributed by atoms with Crippen molar-refractivity contribution >= 4 is 27.8 Å². The number of H-pyrrole nitrogens is 1. The molecule has 0 aliphatic heterocycles. The molecule has 2 N–H and O–H groups in total. The zero-order valence-corrected chi connectivity index (χ0v) is 19.8. The standard InChI is InChI=1S/C27H26F2N4O2/c1-26(2,8-9-30)24-23(15-6-7-27(3,13-15)25(34)35)18-12-21-16(14-31-32-21)10-22(18)33(24)17-4-5-19(28)20(29)11-17/h4-5,10-12,14-15H,6-8,13H2,1-3H3,(H,31,32)(H,34,35)/t15-,27-/m1/s1. The SMILES string of the molecule is CC(C)(CC#N)c1c([C@@H]2CC[C@@](C)(C(=O)O)C2)c2cc3[nH]ncc3cc2n1-c1ccc(F)c(F)c1. The van der Waals surface area contributed by atoms with Crippen LogP contribution in [0.25, 0.3) is 27.5 Å². The van der Waals surface area contributed by atoms with Gasteiger partial charge in [-0.2, -0.15) is 10.4 Å². The van der Waals surface area contributed by atoms with Crippen LogP contribution in [-0.2, 0) is 10.2 Å².